The van der Waals surface area contributed by atoms with Gasteiger partial charge in [0.1, 0.15) is 11.5 Å². The van der Waals surface area contributed by atoms with Gasteiger partial charge >= 0.3 is 0 Å². The van der Waals surface area contributed by atoms with E-state index < -0.39 is 4.92 Å². The fraction of sp³-hybridized carbons (Fsp3) is 0.0769. The Labute approximate surface area is 98.6 Å². The molecule has 2 aromatic rings. The minimum atomic E-state index is -0.410. The van der Waals surface area contributed by atoms with Crippen LogP contribution in [0.5, 0.6) is 11.5 Å². The van der Waals surface area contributed by atoms with Crippen LogP contribution in [0.2, 0.25) is 0 Å². The van der Waals surface area contributed by atoms with E-state index in [1.54, 1.807) is 31.2 Å². The Morgan fingerprint density at radius 2 is 1.76 bits per heavy atom. The molecule has 0 unspecified atom stereocenters. The van der Waals surface area contributed by atoms with Gasteiger partial charge < -0.3 is 4.74 Å². The number of nitro benzene ring substituents is 1. The normalized spacial score (nSPS) is 9.94. The molecule has 0 radical (unpaired) electrons. The molecule has 86 valence electrons. The van der Waals surface area contributed by atoms with Gasteiger partial charge in [-0.05, 0) is 25.1 Å². The van der Waals surface area contributed by atoms with Crippen molar-refractivity contribution in [2.75, 3.05) is 0 Å². The molecule has 0 aromatic heterocycles. The van der Waals surface area contributed by atoms with Crippen molar-refractivity contribution in [3.63, 3.8) is 0 Å². The number of benzene rings is 2. The Morgan fingerprint density at radius 1 is 1.06 bits per heavy atom. The summed E-state index contributed by atoms with van der Waals surface area (Å²) in [6.45, 7) is 1.68. The number of para-hydroxylation sites is 1. The molecule has 0 fully saturated rings. The predicted molar refractivity (Wildman–Crippen MR) is 64.3 cm³/mol. The van der Waals surface area contributed by atoms with Gasteiger partial charge in [-0.1, -0.05) is 24.3 Å². The largest absolute Gasteiger partial charge is 0.457 e. The van der Waals surface area contributed by atoms with Crippen LogP contribution >= 0.6 is 0 Å². The molecule has 0 saturated carbocycles. The molecule has 0 atom stereocenters. The zero-order chi connectivity index (χ0) is 12.3. The minimum absolute atomic E-state index is 0.0680. The summed E-state index contributed by atoms with van der Waals surface area (Å²) in [5.74, 6) is 1.17. The fourth-order valence-electron chi connectivity index (χ4n) is 1.53. The molecule has 0 aliphatic carbocycles. The summed E-state index contributed by atoms with van der Waals surface area (Å²) in [5.41, 5.74) is 0.597. The average molecular weight is 229 g/mol. The van der Waals surface area contributed by atoms with Crippen molar-refractivity contribution >= 4 is 5.69 Å². The van der Waals surface area contributed by atoms with Crippen molar-refractivity contribution in [2.45, 2.75) is 6.92 Å². The lowest BCUT2D eigenvalue weighted by atomic mass is 10.2. The van der Waals surface area contributed by atoms with Crippen LogP contribution in [0.4, 0.5) is 5.69 Å². The van der Waals surface area contributed by atoms with Crippen LogP contribution in [0.3, 0.4) is 0 Å². The fourth-order valence-corrected chi connectivity index (χ4v) is 1.53. The van der Waals surface area contributed by atoms with E-state index in [1.165, 1.54) is 6.07 Å². The van der Waals surface area contributed by atoms with Crippen LogP contribution in [0.25, 0.3) is 0 Å². The number of ether oxygens (including phenoxy) is 1. The molecule has 0 saturated heterocycles. The molecule has 4 nitrogen and oxygen atoms in total. The molecule has 4 heteroatoms. The molecule has 2 aromatic carbocycles. The third-order valence-electron chi connectivity index (χ3n) is 2.42. The van der Waals surface area contributed by atoms with E-state index >= 15 is 0 Å². The van der Waals surface area contributed by atoms with Crippen molar-refractivity contribution in [2.24, 2.45) is 0 Å². The van der Waals surface area contributed by atoms with Crippen LogP contribution in [0, 0.1) is 17.0 Å². The summed E-state index contributed by atoms with van der Waals surface area (Å²) >= 11 is 0. The number of nitrogens with zero attached hydrogens (tertiary/aromatic N) is 1. The molecule has 0 aliphatic rings. The lowest BCUT2D eigenvalue weighted by Crippen LogP contribution is -1.94. The summed E-state index contributed by atoms with van der Waals surface area (Å²) in [7, 11) is 0. The first-order valence-corrected chi connectivity index (χ1v) is 5.15. The number of hydrogen-bond donors (Lipinski definition) is 0. The second-order valence-corrected chi connectivity index (χ2v) is 3.57. The second-order valence-electron chi connectivity index (χ2n) is 3.57. The molecule has 0 spiro atoms. The Kier molecular flexibility index (Phi) is 3.05. The molecular formula is C13H11NO3. The average Bonchev–Trinajstić information content (AvgIpc) is 2.33. The smallest absolute Gasteiger partial charge is 0.276 e. The maximum atomic E-state index is 10.8. The monoisotopic (exact) mass is 229 g/mol. The summed E-state index contributed by atoms with van der Waals surface area (Å²) < 4.78 is 5.60. The first kappa shape index (κ1) is 11.1. The highest BCUT2D eigenvalue weighted by Gasteiger charge is 2.14. The second kappa shape index (κ2) is 4.65. The van der Waals surface area contributed by atoms with Crippen molar-refractivity contribution in [3.05, 3.63) is 64.2 Å². The number of hydrogen-bond acceptors (Lipinski definition) is 3. The lowest BCUT2D eigenvalue weighted by Gasteiger charge is -2.08. The molecule has 0 amide bonds. The topological polar surface area (TPSA) is 52.4 Å². The standard InChI is InChI=1S/C13H11NO3/c1-10-12(14(15)16)8-5-9-13(10)17-11-6-3-2-4-7-11/h2-9H,1H3. The van der Waals surface area contributed by atoms with Gasteiger partial charge in [0.25, 0.3) is 5.69 Å². The molecule has 2 rings (SSSR count). The van der Waals surface area contributed by atoms with Crippen molar-refractivity contribution in [3.8, 4) is 11.5 Å². The summed E-state index contributed by atoms with van der Waals surface area (Å²) in [6, 6.07) is 14.0. The van der Waals surface area contributed by atoms with Gasteiger partial charge in [-0.3, -0.25) is 10.1 Å². The van der Waals surface area contributed by atoms with Gasteiger partial charge in [0, 0.05) is 6.07 Å². The lowest BCUT2D eigenvalue weighted by molar-refractivity contribution is -0.385. The van der Waals surface area contributed by atoms with E-state index in [0.717, 1.165) is 0 Å². The summed E-state index contributed by atoms with van der Waals surface area (Å²) in [6.07, 6.45) is 0. The Hall–Kier alpha value is -2.36. The van der Waals surface area contributed by atoms with Gasteiger partial charge in [0.15, 0.2) is 0 Å². The minimum Gasteiger partial charge on any atom is -0.457 e. The van der Waals surface area contributed by atoms with Crippen molar-refractivity contribution < 1.29 is 9.66 Å². The van der Waals surface area contributed by atoms with E-state index in [2.05, 4.69) is 0 Å². The van der Waals surface area contributed by atoms with E-state index in [4.69, 9.17) is 4.74 Å². The molecule has 0 N–H and O–H groups in total. The maximum Gasteiger partial charge on any atom is 0.276 e. The zero-order valence-corrected chi connectivity index (χ0v) is 9.29. The van der Waals surface area contributed by atoms with Crippen LogP contribution in [-0.4, -0.2) is 4.92 Å². The van der Waals surface area contributed by atoms with Gasteiger partial charge in [0.05, 0.1) is 10.5 Å². The summed E-state index contributed by atoms with van der Waals surface area (Å²) in [5, 5.41) is 10.8. The highest BCUT2D eigenvalue weighted by molar-refractivity contribution is 5.49. The predicted octanol–water partition coefficient (Wildman–Crippen LogP) is 3.70. The first-order valence-electron chi connectivity index (χ1n) is 5.15. The molecule has 17 heavy (non-hydrogen) atoms. The number of rotatable bonds is 3. The molecule has 0 heterocycles. The third-order valence-corrected chi connectivity index (χ3v) is 2.42. The van der Waals surface area contributed by atoms with Gasteiger partial charge in [0.2, 0.25) is 0 Å². The van der Waals surface area contributed by atoms with Crippen LogP contribution < -0.4 is 4.74 Å². The van der Waals surface area contributed by atoms with E-state index in [1.807, 2.05) is 18.2 Å². The van der Waals surface area contributed by atoms with Crippen molar-refractivity contribution in [1.82, 2.24) is 0 Å². The first-order chi connectivity index (χ1) is 8.18. The Bertz CT molecular complexity index is 538. The van der Waals surface area contributed by atoms with Gasteiger partial charge in [-0.2, -0.15) is 0 Å². The Balaban J connectivity index is 2.34. The number of nitro groups is 1. The zero-order valence-electron chi connectivity index (χ0n) is 9.29. The van der Waals surface area contributed by atoms with E-state index in [-0.39, 0.29) is 5.69 Å². The highest BCUT2D eigenvalue weighted by atomic mass is 16.6. The molecule has 0 aliphatic heterocycles. The highest BCUT2D eigenvalue weighted by Crippen LogP contribution is 2.30. The van der Waals surface area contributed by atoms with E-state index in [9.17, 15) is 10.1 Å². The van der Waals surface area contributed by atoms with Crippen LogP contribution in [-0.2, 0) is 0 Å². The molecular weight excluding hydrogens is 218 g/mol. The van der Waals surface area contributed by atoms with Crippen molar-refractivity contribution in [1.29, 1.82) is 0 Å². The van der Waals surface area contributed by atoms with Gasteiger partial charge in [-0.25, -0.2) is 0 Å². The van der Waals surface area contributed by atoms with Gasteiger partial charge in [-0.15, -0.1) is 0 Å². The maximum absolute atomic E-state index is 10.8. The SMILES string of the molecule is Cc1c(Oc2ccccc2)cccc1[N+](=O)[O-]. The quantitative estimate of drug-likeness (QED) is 0.595. The van der Waals surface area contributed by atoms with Crippen LogP contribution in [0.15, 0.2) is 48.5 Å². The molecule has 0 bridgehead atoms. The van der Waals surface area contributed by atoms with Crippen LogP contribution in [0.1, 0.15) is 5.56 Å². The Morgan fingerprint density at radius 3 is 2.41 bits per heavy atom. The van der Waals surface area contributed by atoms with E-state index in [0.29, 0.717) is 17.1 Å². The third kappa shape index (κ3) is 2.42. The summed E-state index contributed by atoms with van der Waals surface area (Å²) in [4.78, 5) is 10.4.